The molecule has 0 aromatic heterocycles. The lowest BCUT2D eigenvalue weighted by Gasteiger charge is -2.38. The van der Waals surface area contributed by atoms with Gasteiger partial charge in [-0.1, -0.05) is 36.2 Å². The lowest BCUT2D eigenvalue weighted by atomic mass is 9.91. The summed E-state index contributed by atoms with van der Waals surface area (Å²) in [4.78, 5) is 14.4. The molecule has 1 amide bonds. The maximum absolute atomic E-state index is 12.2. The monoisotopic (exact) mass is 365 g/mol. The number of carbonyl (C=O) groups excluding carboxylic acids is 1. The molecule has 2 atom stereocenters. The molecule has 0 saturated carbocycles. The topological polar surface area (TPSA) is 58.4 Å². The van der Waals surface area contributed by atoms with E-state index in [1.54, 1.807) is 18.2 Å². The van der Waals surface area contributed by atoms with Gasteiger partial charge in [-0.25, -0.2) is 0 Å². The van der Waals surface area contributed by atoms with Crippen molar-refractivity contribution in [3.05, 3.63) is 28.2 Å². The van der Waals surface area contributed by atoms with E-state index in [4.69, 9.17) is 28.9 Å². The third-order valence-corrected chi connectivity index (χ3v) is 4.86. The van der Waals surface area contributed by atoms with Gasteiger partial charge in [0.25, 0.3) is 0 Å². The van der Waals surface area contributed by atoms with E-state index in [1.165, 1.54) is 6.42 Å². The standard InChI is InChI=1S/C15H21Cl2N3O.ClH/c1-10-4-3-7-20(13(10)8-18)9-14(21)19-12-6-2-5-11(16)15(12)17;/h2,5-6,10,13H,3-4,7-9,18H2,1H3,(H,19,21);1H. The van der Waals surface area contributed by atoms with E-state index in [9.17, 15) is 4.79 Å². The highest BCUT2D eigenvalue weighted by Crippen LogP contribution is 2.29. The van der Waals surface area contributed by atoms with Gasteiger partial charge in [-0.05, 0) is 37.4 Å². The molecule has 0 radical (unpaired) electrons. The highest BCUT2D eigenvalue weighted by atomic mass is 35.5. The van der Waals surface area contributed by atoms with Crippen LogP contribution in [0.2, 0.25) is 10.0 Å². The van der Waals surface area contributed by atoms with Crippen LogP contribution in [0.1, 0.15) is 19.8 Å². The number of piperidine rings is 1. The lowest BCUT2D eigenvalue weighted by Crippen LogP contribution is -2.51. The summed E-state index contributed by atoms with van der Waals surface area (Å²) in [6, 6.07) is 5.45. The van der Waals surface area contributed by atoms with Gasteiger partial charge >= 0.3 is 0 Å². The number of nitrogens with one attached hydrogen (secondary N) is 1. The Bertz CT molecular complexity index is 513. The molecule has 0 spiro atoms. The van der Waals surface area contributed by atoms with E-state index in [0.717, 1.165) is 13.0 Å². The van der Waals surface area contributed by atoms with Gasteiger partial charge in [-0.15, -0.1) is 12.4 Å². The normalized spacial score (nSPS) is 22.0. The number of hydrogen-bond acceptors (Lipinski definition) is 3. The van der Waals surface area contributed by atoms with Crippen LogP contribution in [0, 0.1) is 5.92 Å². The van der Waals surface area contributed by atoms with Crippen molar-refractivity contribution < 1.29 is 4.79 Å². The number of amides is 1. The largest absolute Gasteiger partial charge is 0.329 e. The minimum absolute atomic E-state index is 0. The van der Waals surface area contributed by atoms with E-state index in [2.05, 4.69) is 17.1 Å². The van der Waals surface area contributed by atoms with Gasteiger partial charge in [0.15, 0.2) is 0 Å². The second-order valence-corrected chi connectivity index (χ2v) is 6.33. The molecule has 1 saturated heterocycles. The molecule has 3 N–H and O–H groups in total. The predicted octanol–water partition coefficient (Wildman–Crippen LogP) is 3.41. The summed E-state index contributed by atoms with van der Waals surface area (Å²) >= 11 is 12.0. The number of likely N-dealkylation sites (tertiary alicyclic amines) is 1. The lowest BCUT2D eigenvalue weighted by molar-refractivity contribution is -0.118. The van der Waals surface area contributed by atoms with Crippen LogP contribution in [0.15, 0.2) is 18.2 Å². The molecule has 1 fully saturated rings. The second kappa shape index (κ2) is 8.94. The molecule has 1 aliphatic heterocycles. The van der Waals surface area contributed by atoms with Crippen LogP contribution in [0.5, 0.6) is 0 Å². The molecule has 7 heteroatoms. The molecule has 4 nitrogen and oxygen atoms in total. The number of anilines is 1. The minimum Gasteiger partial charge on any atom is -0.329 e. The van der Waals surface area contributed by atoms with Gasteiger partial charge in [-0.3, -0.25) is 9.69 Å². The first-order valence-corrected chi connectivity index (χ1v) is 7.96. The van der Waals surface area contributed by atoms with Gasteiger partial charge in [0, 0.05) is 12.6 Å². The number of hydrogen-bond donors (Lipinski definition) is 2. The van der Waals surface area contributed by atoms with E-state index >= 15 is 0 Å². The summed E-state index contributed by atoms with van der Waals surface area (Å²) in [7, 11) is 0. The fourth-order valence-corrected chi connectivity index (χ4v) is 3.23. The molecule has 2 rings (SSSR count). The molecule has 1 heterocycles. The fraction of sp³-hybridized carbons (Fsp3) is 0.533. The fourth-order valence-electron chi connectivity index (χ4n) is 2.89. The summed E-state index contributed by atoms with van der Waals surface area (Å²) in [6.45, 7) is 4.00. The summed E-state index contributed by atoms with van der Waals surface area (Å²) in [5.74, 6) is 0.429. The molecular weight excluding hydrogens is 345 g/mol. The highest BCUT2D eigenvalue weighted by molar-refractivity contribution is 6.43. The first-order chi connectivity index (χ1) is 10.0. The smallest absolute Gasteiger partial charge is 0.238 e. The number of nitrogens with zero attached hydrogens (tertiary/aromatic N) is 1. The molecule has 22 heavy (non-hydrogen) atoms. The van der Waals surface area contributed by atoms with Crippen LogP contribution in [0.3, 0.4) is 0 Å². The van der Waals surface area contributed by atoms with Crippen LogP contribution >= 0.6 is 35.6 Å². The van der Waals surface area contributed by atoms with Crippen LogP contribution in [0.25, 0.3) is 0 Å². The van der Waals surface area contributed by atoms with E-state index in [1.807, 2.05) is 0 Å². The minimum atomic E-state index is -0.0910. The first kappa shape index (κ1) is 19.5. The molecule has 124 valence electrons. The Labute approximate surface area is 147 Å². The average molecular weight is 367 g/mol. The zero-order valence-corrected chi connectivity index (χ0v) is 14.8. The molecule has 0 bridgehead atoms. The maximum Gasteiger partial charge on any atom is 0.238 e. The van der Waals surface area contributed by atoms with Gasteiger partial charge < -0.3 is 11.1 Å². The Kier molecular flexibility index (Phi) is 7.94. The molecule has 0 aliphatic carbocycles. The van der Waals surface area contributed by atoms with Crippen molar-refractivity contribution in [3.63, 3.8) is 0 Å². The SMILES string of the molecule is CC1CCCN(CC(=O)Nc2cccc(Cl)c2Cl)C1CN.Cl. The van der Waals surface area contributed by atoms with Crippen molar-refractivity contribution in [1.82, 2.24) is 4.90 Å². The number of benzene rings is 1. The van der Waals surface area contributed by atoms with Crippen molar-refractivity contribution in [3.8, 4) is 0 Å². The van der Waals surface area contributed by atoms with Crippen LogP contribution in [-0.4, -0.2) is 36.5 Å². The molecule has 1 aromatic rings. The number of rotatable bonds is 4. The van der Waals surface area contributed by atoms with Crippen LogP contribution < -0.4 is 11.1 Å². The predicted molar refractivity (Wildman–Crippen MR) is 95.2 cm³/mol. The molecular formula is C15H22Cl3N3O. The van der Waals surface area contributed by atoms with Crippen molar-refractivity contribution in [2.24, 2.45) is 11.7 Å². The van der Waals surface area contributed by atoms with Crippen molar-refractivity contribution in [2.75, 3.05) is 25.0 Å². The van der Waals surface area contributed by atoms with Gasteiger partial charge in [0.05, 0.1) is 22.3 Å². The Morgan fingerprint density at radius 3 is 2.86 bits per heavy atom. The summed E-state index contributed by atoms with van der Waals surface area (Å²) in [5.41, 5.74) is 6.39. The van der Waals surface area contributed by atoms with Crippen LogP contribution in [0.4, 0.5) is 5.69 Å². The number of nitrogens with two attached hydrogens (primary N) is 1. The second-order valence-electron chi connectivity index (χ2n) is 5.54. The maximum atomic E-state index is 12.2. The highest BCUT2D eigenvalue weighted by Gasteiger charge is 2.28. The summed E-state index contributed by atoms with van der Waals surface area (Å²) in [6.07, 6.45) is 2.27. The number of halogens is 3. The van der Waals surface area contributed by atoms with Gasteiger partial charge in [0.1, 0.15) is 0 Å². The summed E-state index contributed by atoms with van der Waals surface area (Å²) < 4.78 is 0. The van der Waals surface area contributed by atoms with Crippen LogP contribution in [-0.2, 0) is 4.79 Å². The van der Waals surface area contributed by atoms with Gasteiger partial charge in [-0.2, -0.15) is 0 Å². The first-order valence-electron chi connectivity index (χ1n) is 7.21. The molecule has 1 aliphatic rings. The Hall–Kier alpha value is -0.520. The zero-order chi connectivity index (χ0) is 15.4. The van der Waals surface area contributed by atoms with Crippen molar-refractivity contribution in [1.29, 1.82) is 0 Å². The summed E-state index contributed by atoms with van der Waals surface area (Å²) in [5, 5.41) is 3.62. The number of carbonyl (C=O) groups is 1. The Balaban J connectivity index is 0.00000242. The Morgan fingerprint density at radius 1 is 1.45 bits per heavy atom. The average Bonchev–Trinajstić information content (AvgIpc) is 2.44. The third-order valence-electron chi connectivity index (χ3n) is 4.04. The van der Waals surface area contributed by atoms with Gasteiger partial charge in [0.2, 0.25) is 5.91 Å². The molecule has 1 aromatic carbocycles. The van der Waals surface area contributed by atoms with E-state index in [0.29, 0.717) is 34.7 Å². The zero-order valence-electron chi connectivity index (χ0n) is 12.5. The van der Waals surface area contributed by atoms with E-state index < -0.39 is 0 Å². The van der Waals surface area contributed by atoms with E-state index in [-0.39, 0.29) is 24.4 Å². The quantitative estimate of drug-likeness (QED) is 0.858. The van der Waals surface area contributed by atoms with Crippen molar-refractivity contribution in [2.45, 2.75) is 25.8 Å². The molecule has 2 unspecified atom stereocenters. The Morgan fingerprint density at radius 2 is 2.18 bits per heavy atom. The third kappa shape index (κ3) is 4.74. The van der Waals surface area contributed by atoms with Crippen molar-refractivity contribution >= 4 is 47.2 Å².